The summed E-state index contributed by atoms with van der Waals surface area (Å²) in [7, 11) is 0. The highest BCUT2D eigenvalue weighted by Gasteiger charge is 2.38. The van der Waals surface area contributed by atoms with Gasteiger partial charge in [0.05, 0.1) is 17.3 Å². The first-order chi connectivity index (χ1) is 12.7. The minimum Gasteiger partial charge on any atom is -0.342 e. The van der Waals surface area contributed by atoms with E-state index in [1.54, 1.807) is 6.07 Å². The van der Waals surface area contributed by atoms with E-state index in [1.807, 2.05) is 35.2 Å². The topological polar surface area (TPSA) is 74.1 Å². The van der Waals surface area contributed by atoms with Gasteiger partial charge in [-0.05, 0) is 37.8 Å². The number of likely N-dealkylation sites (tertiary alicyclic amines) is 1. The molecule has 2 aromatic rings. The molecule has 0 radical (unpaired) electrons. The summed E-state index contributed by atoms with van der Waals surface area (Å²) in [6.45, 7) is 1.17. The third kappa shape index (κ3) is 3.20. The Bertz CT molecular complexity index is 898. The fraction of sp³-hybridized carbons (Fsp3) is 0.429. The molecule has 1 aromatic carbocycles. The van der Waals surface area contributed by atoms with Crippen LogP contribution in [0.4, 0.5) is 0 Å². The summed E-state index contributed by atoms with van der Waals surface area (Å²) in [5.41, 5.74) is 1.29. The van der Waals surface area contributed by atoms with Crippen LogP contribution >= 0.6 is 0 Å². The van der Waals surface area contributed by atoms with Gasteiger partial charge >= 0.3 is 0 Å². The molecule has 2 atom stereocenters. The van der Waals surface area contributed by atoms with E-state index in [0.29, 0.717) is 12.2 Å². The predicted octanol–water partition coefficient (Wildman–Crippen LogP) is 3.06. The maximum atomic E-state index is 13.0. The van der Waals surface area contributed by atoms with E-state index in [0.717, 1.165) is 43.1 Å². The Morgan fingerprint density at radius 1 is 1.12 bits per heavy atom. The molecule has 2 fully saturated rings. The number of hydrogen-bond acceptors (Lipinski definition) is 4. The second-order valence-corrected chi connectivity index (χ2v) is 7.29. The Labute approximate surface area is 152 Å². The number of carbonyl (C=O) groups is 2. The summed E-state index contributed by atoms with van der Waals surface area (Å²) in [5, 5.41) is 10.6. The number of amides is 1. The van der Waals surface area contributed by atoms with Crippen molar-refractivity contribution in [2.75, 3.05) is 13.1 Å². The van der Waals surface area contributed by atoms with Crippen LogP contribution in [0.2, 0.25) is 0 Å². The van der Waals surface area contributed by atoms with E-state index in [4.69, 9.17) is 0 Å². The smallest absolute Gasteiger partial charge is 0.225 e. The summed E-state index contributed by atoms with van der Waals surface area (Å²) in [5.74, 6) is -0.911. The SMILES string of the molecule is N#C[C@@H](C(=O)[C@@H]1CCCN(C(=O)C2CC2)C1)c1ccc2ccccc2n1. The van der Waals surface area contributed by atoms with Gasteiger partial charge in [0.1, 0.15) is 5.92 Å². The molecule has 1 aliphatic carbocycles. The van der Waals surface area contributed by atoms with E-state index in [2.05, 4.69) is 11.1 Å². The summed E-state index contributed by atoms with van der Waals surface area (Å²) in [6.07, 6.45) is 3.49. The molecule has 1 saturated carbocycles. The van der Waals surface area contributed by atoms with Gasteiger partial charge < -0.3 is 4.90 Å². The summed E-state index contributed by atoms with van der Waals surface area (Å²) < 4.78 is 0. The Morgan fingerprint density at radius 3 is 2.69 bits per heavy atom. The second kappa shape index (κ2) is 6.87. The predicted molar refractivity (Wildman–Crippen MR) is 97.1 cm³/mol. The Morgan fingerprint density at radius 2 is 1.92 bits per heavy atom. The van der Waals surface area contributed by atoms with Crippen LogP contribution in [0.5, 0.6) is 0 Å². The number of nitrogens with zero attached hydrogens (tertiary/aromatic N) is 3. The molecule has 0 bridgehead atoms. The largest absolute Gasteiger partial charge is 0.342 e. The zero-order valence-corrected chi connectivity index (χ0v) is 14.6. The third-order valence-electron chi connectivity index (χ3n) is 5.39. The molecule has 132 valence electrons. The lowest BCUT2D eigenvalue weighted by molar-refractivity contribution is -0.136. The summed E-state index contributed by atoms with van der Waals surface area (Å²) in [6, 6.07) is 13.5. The monoisotopic (exact) mass is 347 g/mol. The Balaban J connectivity index is 1.54. The summed E-state index contributed by atoms with van der Waals surface area (Å²) in [4.78, 5) is 31.7. The zero-order valence-electron chi connectivity index (χ0n) is 14.6. The van der Waals surface area contributed by atoms with E-state index in [1.165, 1.54) is 0 Å². The Hall–Kier alpha value is -2.74. The first kappa shape index (κ1) is 16.7. The number of fused-ring (bicyclic) bond motifs is 1. The van der Waals surface area contributed by atoms with Crippen molar-refractivity contribution in [2.24, 2.45) is 11.8 Å². The van der Waals surface area contributed by atoms with Crippen molar-refractivity contribution >= 4 is 22.6 Å². The van der Waals surface area contributed by atoms with Crippen LogP contribution in [0.1, 0.15) is 37.3 Å². The van der Waals surface area contributed by atoms with Crippen molar-refractivity contribution in [1.82, 2.24) is 9.88 Å². The molecule has 1 amide bonds. The van der Waals surface area contributed by atoms with Gasteiger partial charge in [0, 0.05) is 30.3 Å². The Kier molecular flexibility index (Phi) is 4.42. The van der Waals surface area contributed by atoms with Crippen LogP contribution in [-0.2, 0) is 9.59 Å². The van der Waals surface area contributed by atoms with Crippen LogP contribution in [0.25, 0.3) is 10.9 Å². The summed E-state index contributed by atoms with van der Waals surface area (Å²) >= 11 is 0. The molecule has 5 nitrogen and oxygen atoms in total. The third-order valence-corrected chi connectivity index (χ3v) is 5.39. The molecule has 2 heterocycles. The fourth-order valence-electron chi connectivity index (χ4n) is 3.75. The van der Waals surface area contributed by atoms with Crippen molar-refractivity contribution in [3.8, 4) is 6.07 Å². The average Bonchev–Trinajstić information content (AvgIpc) is 3.53. The highest BCUT2D eigenvalue weighted by atomic mass is 16.2. The minimum atomic E-state index is -0.874. The number of para-hydroxylation sites is 1. The highest BCUT2D eigenvalue weighted by Crippen LogP contribution is 2.33. The van der Waals surface area contributed by atoms with Crippen LogP contribution in [0.3, 0.4) is 0 Å². The van der Waals surface area contributed by atoms with E-state index < -0.39 is 5.92 Å². The molecule has 1 saturated heterocycles. The van der Waals surface area contributed by atoms with Crippen molar-refractivity contribution in [1.29, 1.82) is 5.26 Å². The fourth-order valence-corrected chi connectivity index (χ4v) is 3.75. The van der Waals surface area contributed by atoms with Gasteiger partial charge in [-0.1, -0.05) is 24.3 Å². The van der Waals surface area contributed by atoms with E-state index in [9.17, 15) is 14.9 Å². The van der Waals surface area contributed by atoms with Crippen molar-refractivity contribution in [2.45, 2.75) is 31.6 Å². The number of nitriles is 1. The van der Waals surface area contributed by atoms with Gasteiger partial charge in [-0.25, -0.2) is 0 Å². The normalized spacial score (nSPS) is 21.2. The number of rotatable bonds is 4. The van der Waals surface area contributed by atoms with Crippen molar-refractivity contribution in [3.63, 3.8) is 0 Å². The standard InChI is InChI=1S/C21H21N3O2/c22-12-17(19-10-9-14-4-1-2-6-18(14)23-19)20(25)16-5-3-11-24(13-16)21(26)15-7-8-15/h1-2,4,6,9-10,15-17H,3,5,7-8,11,13H2/t16-,17-/m1/s1. The van der Waals surface area contributed by atoms with Gasteiger partial charge in [-0.15, -0.1) is 0 Å². The van der Waals surface area contributed by atoms with Crippen LogP contribution in [0.15, 0.2) is 36.4 Å². The lowest BCUT2D eigenvalue weighted by Crippen LogP contribution is -2.44. The molecule has 5 heteroatoms. The maximum absolute atomic E-state index is 13.0. The van der Waals surface area contributed by atoms with Crippen molar-refractivity contribution in [3.05, 3.63) is 42.1 Å². The molecule has 0 spiro atoms. The molecular formula is C21H21N3O2. The van der Waals surface area contributed by atoms with Gasteiger partial charge in [-0.3, -0.25) is 14.6 Å². The molecular weight excluding hydrogens is 326 g/mol. The molecule has 0 unspecified atom stereocenters. The van der Waals surface area contributed by atoms with Crippen LogP contribution in [0, 0.1) is 23.2 Å². The quantitative estimate of drug-likeness (QED) is 0.852. The minimum absolute atomic E-state index is 0.108. The van der Waals surface area contributed by atoms with E-state index >= 15 is 0 Å². The van der Waals surface area contributed by atoms with Crippen LogP contribution in [-0.4, -0.2) is 34.7 Å². The van der Waals surface area contributed by atoms with Gasteiger partial charge in [0.2, 0.25) is 5.91 Å². The molecule has 1 aliphatic heterocycles. The lowest BCUT2D eigenvalue weighted by Gasteiger charge is -2.32. The van der Waals surface area contributed by atoms with Crippen LogP contribution < -0.4 is 0 Å². The van der Waals surface area contributed by atoms with Gasteiger partial charge in [-0.2, -0.15) is 5.26 Å². The number of pyridine rings is 1. The number of carbonyl (C=O) groups excluding carboxylic acids is 2. The molecule has 4 rings (SSSR count). The van der Waals surface area contributed by atoms with Gasteiger partial charge in [0.25, 0.3) is 0 Å². The number of Topliss-reactive ketones (excluding diaryl/α,β-unsaturated/α-hetero) is 1. The van der Waals surface area contributed by atoms with E-state index in [-0.39, 0.29) is 23.5 Å². The molecule has 26 heavy (non-hydrogen) atoms. The first-order valence-electron chi connectivity index (χ1n) is 9.25. The maximum Gasteiger partial charge on any atom is 0.225 e. The average molecular weight is 347 g/mol. The highest BCUT2D eigenvalue weighted by molar-refractivity contribution is 5.91. The molecule has 2 aliphatic rings. The number of ketones is 1. The number of piperidine rings is 1. The number of aromatic nitrogens is 1. The molecule has 0 N–H and O–H groups in total. The second-order valence-electron chi connectivity index (χ2n) is 7.29. The first-order valence-corrected chi connectivity index (χ1v) is 9.25. The zero-order chi connectivity index (χ0) is 18.1. The number of benzene rings is 1. The van der Waals surface area contributed by atoms with Crippen molar-refractivity contribution < 1.29 is 9.59 Å². The molecule has 1 aromatic heterocycles. The van der Waals surface area contributed by atoms with Gasteiger partial charge in [0.15, 0.2) is 5.78 Å². The lowest BCUT2D eigenvalue weighted by atomic mass is 9.85. The number of hydrogen-bond donors (Lipinski definition) is 0.